The van der Waals surface area contributed by atoms with Gasteiger partial charge in [0.2, 0.25) is 0 Å². The van der Waals surface area contributed by atoms with Crippen molar-refractivity contribution in [2.45, 2.75) is 6.92 Å². The van der Waals surface area contributed by atoms with Gasteiger partial charge in [-0.1, -0.05) is 24.2 Å². The summed E-state index contributed by atoms with van der Waals surface area (Å²) in [6, 6.07) is 3.89. The molecule has 0 aromatic carbocycles. The van der Waals surface area contributed by atoms with Gasteiger partial charge in [-0.3, -0.25) is 0 Å². The normalized spacial score (nSPS) is 9.50. The first kappa shape index (κ1) is 9.07. The summed E-state index contributed by atoms with van der Waals surface area (Å²) in [7, 11) is 0. The molecule has 0 bridgehead atoms. The fraction of sp³-hybridized carbons (Fsp3) is 0.222. The summed E-state index contributed by atoms with van der Waals surface area (Å²) in [4.78, 5) is 4.14. The lowest BCUT2D eigenvalue weighted by Gasteiger charge is -2.05. The van der Waals surface area contributed by atoms with Crippen LogP contribution in [-0.2, 0) is 0 Å². The number of nitrogens with one attached hydrogen (secondary N) is 1. The van der Waals surface area contributed by atoms with Gasteiger partial charge in [-0.2, -0.15) is 0 Å². The number of halogens is 1. The second-order valence-electron chi connectivity index (χ2n) is 2.54. The van der Waals surface area contributed by atoms with Gasteiger partial charge in [-0.05, 0) is 18.6 Å². The van der Waals surface area contributed by atoms with Crippen molar-refractivity contribution in [1.82, 2.24) is 4.98 Å². The Kier molecular flexibility index (Phi) is 3.11. The van der Waals surface area contributed by atoms with E-state index in [1.54, 1.807) is 6.20 Å². The molecule has 0 aliphatic rings. The number of hydrogen-bond donors (Lipinski definition) is 1. The Morgan fingerprint density at radius 2 is 2.50 bits per heavy atom. The van der Waals surface area contributed by atoms with E-state index in [2.05, 4.69) is 16.9 Å². The van der Waals surface area contributed by atoms with Crippen LogP contribution in [0.4, 0.5) is 5.82 Å². The minimum absolute atomic E-state index is 0.555. The molecule has 2 nitrogen and oxygen atoms in total. The van der Waals surface area contributed by atoms with Crippen LogP contribution in [-0.4, -0.2) is 11.5 Å². The van der Waals surface area contributed by atoms with Crippen molar-refractivity contribution in [3.8, 4) is 0 Å². The molecule has 1 N–H and O–H groups in total. The third-order valence-electron chi connectivity index (χ3n) is 1.46. The first-order chi connectivity index (χ1) is 5.70. The predicted octanol–water partition coefficient (Wildman–Crippen LogP) is 2.55. The van der Waals surface area contributed by atoms with Crippen molar-refractivity contribution >= 4 is 17.4 Å². The molecule has 1 rings (SSSR count). The number of nitrogens with zero attached hydrogens (tertiary/aromatic N) is 1. The van der Waals surface area contributed by atoms with Gasteiger partial charge < -0.3 is 5.32 Å². The first-order valence-electron chi connectivity index (χ1n) is 3.69. The lowest BCUT2D eigenvalue weighted by molar-refractivity contribution is 1.19. The zero-order valence-electron chi connectivity index (χ0n) is 6.97. The third kappa shape index (κ3) is 2.55. The molecule has 0 radical (unpaired) electrons. The molecule has 1 aromatic rings. The van der Waals surface area contributed by atoms with Crippen LogP contribution in [0.5, 0.6) is 0 Å². The molecule has 0 aliphatic heterocycles. The quantitative estimate of drug-likeness (QED) is 0.777. The maximum Gasteiger partial charge on any atom is 0.129 e. The Balaban J connectivity index is 2.63. The standard InChI is InChI=1S/C9H11ClN2/c1-7-4-3-5-11-9(7)12-6-8(2)10/h3-5H,2,6H2,1H3,(H,11,12). The van der Waals surface area contributed by atoms with Gasteiger partial charge in [0.25, 0.3) is 0 Å². The number of aromatic nitrogens is 1. The summed E-state index contributed by atoms with van der Waals surface area (Å²) >= 11 is 5.60. The van der Waals surface area contributed by atoms with Crippen molar-refractivity contribution in [1.29, 1.82) is 0 Å². The molecule has 12 heavy (non-hydrogen) atoms. The van der Waals surface area contributed by atoms with Crippen LogP contribution in [0.25, 0.3) is 0 Å². The van der Waals surface area contributed by atoms with Crippen molar-refractivity contribution in [3.63, 3.8) is 0 Å². The van der Waals surface area contributed by atoms with Gasteiger partial charge in [0, 0.05) is 11.2 Å². The van der Waals surface area contributed by atoms with Crippen LogP contribution in [0.3, 0.4) is 0 Å². The Morgan fingerprint density at radius 1 is 1.75 bits per heavy atom. The lowest BCUT2D eigenvalue weighted by Crippen LogP contribution is -2.03. The SMILES string of the molecule is C=C(Cl)CNc1ncccc1C. The summed E-state index contributed by atoms with van der Waals surface area (Å²) in [6.45, 7) is 6.12. The smallest absolute Gasteiger partial charge is 0.129 e. The van der Waals surface area contributed by atoms with Crippen LogP contribution < -0.4 is 5.32 Å². The molecule has 0 amide bonds. The van der Waals surface area contributed by atoms with Crippen LogP contribution in [0.1, 0.15) is 5.56 Å². The third-order valence-corrected chi connectivity index (χ3v) is 1.59. The maximum absolute atomic E-state index is 5.60. The minimum Gasteiger partial charge on any atom is -0.365 e. The Bertz CT molecular complexity index is 284. The van der Waals surface area contributed by atoms with E-state index >= 15 is 0 Å². The van der Waals surface area contributed by atoms with Crippen LogP contribution in [0.2, 0.25) is 0 Å². The average molecular weight is 183 g/mol. The van der Waals surface area contributed by atoms with E-state index < -0.39 is 0 Å². The van der Waals surface area contributed by atoms with E-state index in [0.29, 0.717) is 11.6 Å². The first-order valence-corrected chi connectivity index (χ1v) is 4.06. The zero-order valence-corrected chi connectivity index (χ0v) is 7.73. The van der Waals surface area contributed by atoms with Crippen molar-refractivity contribution in [3.05, 3.63) is 35.5 Å². The Morgan fingerprint density at radius 3 is 3.08 bits per heavy atom. The van der Waals surface area contributed by atoms with Crippen LogP contribution in [0, 0.1) is 6.92 Å². The molecule has 0 spiro atoms. The van der Waals surface area contributed by atoms with Gasteiger partial charge in [0.05, 0.1) is 6.54 Å². The molecule has 1 aromatic heterocycles. The van der Waals surface area contributed by atoms with Gasteiger partial charge in [-0.15, -0.1) is 0 Å². The Labute approximate surface area is 77.3 Å². The molecule has 0 aliphatic carbocycles. The highest BCUT2D eigenvalue weighted by atomic mass is 35.5. The highest BCUT2D eigenvalue weighted by Crippen LogP contribution is 2.09. The number of rotatable bonds is 3. The fourth-order valence-corrected chi connectivity index (χ4v) is 0.917. The van der Waals surface area contributed by atoms with E-state index in [4.69, 9.17) is 11.6 Å². The molecule has 0 unspecified atom stereocenters. The highest BCUT2D eigenvalue weighted by molar-refractivity contribution is 6.29. The van der Waals surface area contributed by atoms with E-state index in [1.807, 2.05) is 19.1 Å². The van der Waals surface area contributed by atoms with E-state index in [0.717, 1.165) is 11.4 Å². The fourth-order valence-electron chi connectivity index (χ4n) is 0.850. The number of hydrogen-bond acceptors (Lipinski definition) is 2. The number of aryl methyl sites for hydroxylation is 1. The van der Waals surface area contributed by atoms with E-state index in [1.165, 1.54) is 0 Å². The summed E-state index contributed by atoms with van der Waals surface area (Å²) in [5.74, 6) is 0.860. The zero-order chi connectivity index (χ0) is 8.97. The predicted molar refractivity (Wildman–Crippen MR) is 52.5 cm³/mol. The highest BCUT2D eigenvalue weighted by Gasteiger charge is 1.96. The summed E-state index contributed by atoms with van der Waals surface area (Å²) in [5.41, 5.74) is 1.11. The van der Waals surface area contributed by atoms with Crippen molar-refractivity contribution in [2.24, 2.45) is 0 Å². The van der Waals surface area contributed by atoms with Crippen LogP contribution in [0.15, 0.2) is 29.9 Å². The molecule has 0 saturated heterocycles. The molecule has 0 fully saturated rings. The topological polar surface area (TPSA) is 24.9 Å². The van der Waals surface area contributed by atoms with Crippen molar-refractivity contribution < 1.29 is 0 Å². The monoisotopic (exact) mass is 182 g/mol. The molecule has 0 atom stereocenters. The minimum atomic E-state index is 0.555. The Hall–Kier alpha value is -1.02. The van der Waals surface area contributed by atoms with Gasteiger partial charge in [0.15, 0.2) is 0 Å². The molecule has 3 heteroatoms. The lowest BCUT2D eigenvalue weighted by atomic mass is 10.3. The summed E-state index contributed by atoms with van der Waals surface area (Å²) < 4.78 is 0. The van der Waals surface area contributed by atoms with E-state index in [-0.39, 0.29) is 0 Å². The van der Waals surface area contributed by atoms with Crippen molar-refractivity contribution in [2.75, 3.05) is 11.9 Å². The van der Waals surface area contributed by atoms with Crippen LogP contribution >= 0.6 is 11.6 Å². The van der Waals surface area contributed by atoms with Gasteiger partial charge in [0.1, 0.15) is 5.82 Å². The molecule has 64 valence electrons. The second kappa shape index (κ2) is 4.12. The molecular weight excluding hydrogens is 172 g/mol. The molecule has 0 saturated carbocycles. The van der Waals surface area contributed by atoms with Gasteiger partial charge >= 0.3 is 0 Å². The summed E-state index contributed by atoms with van der Waals surface area (Å²) in [5, 5.41) is 3.65. The maximum atomic E-state index is 5.60. The molecular formula is C9H11ClN2. The summed E-state index contributed by atoms with van der Waals surface area (Å²) in [6.07, 6.45) is 1.74. The average Bonchev–Trinajstić information content (AvgIpc) is 2.03. The molecule has 1 heterocycles. The second-order valence-corrected chi connectivity index (χ2v) is 3.07. The van der Waals surface area contributed by atoms with E-state index in [9.17, 15) is 0 Å². The number of anilines is 1. The van der Waals surface area contributed by atoms with Gasteiger partial charge in [-0.25, -0.2) is 4.98 Å². The number of pyridine rings is 1. The largest absolute Gasteiger partial charge is 0.365 e.